The van der Waals surface area contributed by atoms with E-state index in [2.05, 4.69) is 20.7 Å². The number of hydrogen-bond donors (Lipinski definition) is 2. The highest BCUT2D eigenvalue weighted by atomic mass is 16.3. The number of rotatable bonds is 8. The molecule has 0 aliphatic carbocycles. The first-order valence-corrected chi connectivity index (χ1v) is 7.43. The molecule has 0 saturated carbocycles. The number of carbonyl (C=O) groups is 1. The van der Waals surface area contributed by atoms with Gasteiger partial charge in [-0.05, 0) is 25.0 Å². The van der Waals surface area contributed by atoms with E-state index >= 15 is 0 Å². The summed E-state index contributed by atoms with van der Waals surface area (Å²) in [6.07, 6.45) is 1.22. The van der Waals surface area contributed by atoms with Crippen LogP contribution in [0.5, 0.6) is 0 Å². The molecule has 1 aromatic carbocycles. The standard InChI is InChI=1S/C15H21N5O2/c1-12(21)9-10-16-14(22)8-5-11-20-18-15(17-19-20)13-6-3-2-4-7-13/h2-4,6-7,12,21H,5,8-11H2,1H3,(H,16,22). The van der Waals surface area contributed by atoms with E-state index in [0.717, 1.165) is 5.56 Å². The molecule has 22 heavy (non-hydrogen) atoms. The molecule has 0 bridgehead atoms. The zero-order valence-corrected chi connectivity index (χ0v) is 12.6. The van der Waals surface area contributed by atoms with E-state index in [1.165, 1.54) is 4.80 Å². The molecule has 0 aliphatic heterocycles. The minimum Gasteiger partial charge on any atom is -0.393 e. The zero-order valence-electron chi connectivity index (χ0n) is 12.6. The van der Waals surface area contributed by atoms with Crippen molar-refractivity contribution in [1.29, 1.82) is 0 Å². The van der Waals surface area contributed by atoms with Gasteiger partial charge in [-0.15, -0.1) is 10.2 Å². The van der Waals surface area contributed by atoms with Crippen LogP contribution in [0.4, 0.5) is 0 Å². The summed E-state index contributed by atoms with van der Waals surface area (Å²) in [5, 5.41) is 24.2. The number of amides is 1. The van der Waals surface area contributed by atoms with Crippen LogP contribution in [0.25, 0.3) is 11.4 Å². The number of carbonyl (C=O) groups excluding carboxylic acids is 1. The molecular weight excluding hydrogens is 282 g/mol. The van der Waals surface area contributed by atoms with Crippen LogP contribution in [0.15, 0.2) is 30.3 Å². The quantitative estimate of drug-likeness (QED) is 0.759. The largest absolute Gasteiger partial charge is 0.393 e. The average molecular weight is 303 g/mol. The molecule has 1 unspecified atom stereocenters. The van der Waals surface area contributed by atoms with Crippen LogP contribution in [0.1, 0.15) is 26.2 Å². The fourth-order valence-electron chi connectivity index (χ4n) is 1.93. The molecule has 0 fully saturated rings. The first-order chi connectivity index (χ1) is 10.6. The second kappa shape index (κ2) is 8.23. The molecule has 1 atom stereocenters. The van der Waals surface area contributed by atoms with Crippen molar-refractivity contribution in [3.05, 3.63) is 30.3 Å². The van der Waals surface area contributed by atoms with Crippen molar-refractivity contribution in [3.63, 3.8) is 0 Å². The maximum absolute atomic E-state index is 11.6. The van der Waals surface area contributed by atoms with E-state index in [0.29, 0.717) is 38.2 Å². The second-order valence-corrected chi connectivity index (χ2v) is 5.17. The maximum atomic E-state index is 11.6. The van der Waals surface area contributed by atoms with Gasteiger partial charge in [0.25, 0.3) is 0 Å². The van der Waals surface area contributed by atoms with Gasteiger partial charge in [-0.2, -0.15) is 4.80 Å². The fraction of sp³-hybridized carbons (Fsp3) is 0.467. The molecule has 0 spiro atoms. The minimum absolute atomic E-state index is 0.0240. The van der Waals surface area contributed by atoms with Crippen LogP contribution in [-0.2, 0) is 11.3 Å². The molecule has 2 rings (SSSR count). The molecule has 118 valence electrons. The number of aliphatic hydroxyl groups excluding tert-OH is 1. The van der Waals surface area contributed by atoms with Crippen LogP contribution in [-0.4, -0.2) is 43.9 Å². The number of hydrogen-bond acceptors (Lipinski definition) is 5. The van der Waals surface area contributed by atoms with Crippen LogP contribution < -0.4 is 5.32 Å². The van der Waals surface area contributed by atoms with Gasteiger partial charge < -0.3 is 10.4 Å². The minimum atomic E-state index is -0.393. The molecule has 1 amide bonds. The van der Waals surface area contributed by atoms with Gasteiger partial charge >= 0.3 is 0 Å². The summed E-state index contributed by atoms with van der Waals surface area (Å²) >= 11 is 0. The molecule has 7 heteroatoms. The van der Waals surface area contributed by atoms with Crippen molar-refractivity contribution in [2.24, 2.45) is 0 Å². The second-order valence-electron chi connectivity index (χ2n) is 5.17. The Balaban J connectivity index is 1.72. The molecular formula is C15H21N5O2. The molecule has 2 aromatic rings. The summed E-state index contributed by atoms with van der Waals surface area (Å²) < 4.78 is 0. The van der Waals surface area contributed by atoms with Gasteiger partial charge in [0.15, 0.2) is 0 Å². The van der Waals surface area contributed by atoms with Crippen LogP contribution in [0, 0.1) is 0 Å². The van der Waals surface area contributed by atoms with Crippen molar-refractivity contribution < 1.29 is 9.90 Å². The zero-order chi connectivity index (χ0) is 15.8. The molecule has 1 aromatic heterocycles. The van der Waals surface area contributed by atoms with E-state index in [4.69, 9.17) is 5.11 Å². The van der Waals surface area contributed by atoms with Crippen molar-refractivity contribution >= 4 is 5.91 Å². The maximum Gasteiger partial charge on any atom is 0.220 e. The Morgan fingerprint density at radius 3 is 2.86 bits per heavy atom. The molecule has 1 heterocycles. The van der Waals surface area contributed by atoms with Gasteiger partial charge in [-0.1, -0.05) is 30.3 Å². The highest BCUT2D eigenvalue weighted by Gasteiger charge is 2.06. The van der Waals surface area contributed by atoms with Crippen molar-refractivity contribution in [3.8, 4) is 11.4 Å². The molecule has 7 nitrogen and oxygen atoms in total. The molecule has 2 N–H and O–H groups in total. The Kier molecular flexibility index (Phi) is 6.02. The summed E-state index contributed by atoms with van der Waals surface area (Å²) in [6, 6.07) is 9.64. The first kappa shape index (κ1) is 16.1. The summed E-state index contributed by atoms with van der Waals surface area (Å²) in [4.78, 5) is 13.1. The van der Waals surface area contributed by atoms with Gasteiger partial charge in [0.05, 0.1) is 12.6 Å². The van der Waals surface area contributed by atoms with Crippen molar-refractivity contribution in [1.82, 2.24) is 25.5 Å². The third-order valence-corrected chi connectivity index (χ3v) is 3.13. The Bertz CT molecular complexity index is 583. The summed E-state index contributed by atoms with van der Waals surface area (Å²) in [6.45, 7) is 2.74. The molecule has 0 saturated heterocycles. The van der Waals surface area contributed by atoms with Crippen LogP contribution >= 0.6 is 0 Å². The third kappa shape index (κ3) is 5.25. The lowest BCUT2D eigenvalue weighted by atomic mass is 10.2. The highest BCUT2D eigenvalue weighted by molar-refractivity contribution is 5.75. The number of nitrogens with one attached hydrogen (secondary N) is 1. The smallest absolute Gasteiger partial charge is 0.220 e. The predicted molar refractivity (Wildman–Crippen MR) is 81.8 cm³/mol. The van der Waals surface area contributed by atoms with Crippen molar-refractivity contribution in [2.45, 2.75) is 38.8 Å². The van der Waals surface area contributed by atoms with Gasteiger partial charge in [0.2, 0.25) is 11.7 Å². The summed E-state index contributed by atoms with van der Waals surface area (Å²) in [5.41, 5.74) is 0.921. The lowest BCUT2D eigenvalue weighted by Gasteiger charge is -2.06. The van der Waals surface area contributed by atoms with Gasteiger partial charge in [0.1, 0.15) is 0 Å². The monoisotopic (exact) mass is 303 g/mol. The van der Waals surface area contributed by atoms with Gasteiger partial charge in [-0.3, -0.25) is 4.79 Å². The average Bonchev–Trinajstić information content (AvgIpc) is 2.97. The topological polar surface area (TPSA) is 92.9 Å². The highest BCUT2D eigenvalue weighted by Crippen LogP contribution is 2.11. The number of aliphatic hydroxyl groups is 1. The number of aryl methyl sites for hydroxylation is 1. The SMILES string of the molecule is CC(O)CCNC(=O)CCCn1nnc(-c2ccccc2)n1. The molecule has 0 aliphatic rings. The number of tetrazole rings is 1. The Morgan fingerprint density at radius 2 is 2.14 bits per heavy atom. The van der Waals surface area contributed by atoms with E-state index < -0.39 is 6.10 Å². The van der Waals surface area contributed by atoms with Gasteiger partial charge in [0, 0.05) is 18.5 Å². The van der Waals surface area contributed by atoms with E-state index in [9.17, 15) is 4.79 Å². The molecule has 0 radical (unpaired) electrons. The Hall–Kier alpha value is -2.28. The number of nitrogens with zero attached hydrogens (tertiary/aromatic N) is 4. The Morgan fingerprint density at radius 1 is 1.36 bits per heavy atom. The van der Waals surface area contributed by atoms with Crippen LogP contribution in [0.3, 0.4) is 0 Å². The number of aromatic nitrogens is 4. The van der Waals surface area contributed by atoms with E-state index in [1.807, 2.05) is 30.3 Å². The normalized spacial score (nSPS) is 12.1. The fourth-order valence-corrected chi connectivity index (χ4v) is 1.93. The van der Waals surface area contributed by atoms with E-state index in [-0.39, 0.29) is 5.91 Å². The summed E-state index contributed by atoms with van der Waals surface area (Å²) in [7, 11) is 0. The lowest BCUT2D eigenvalue weighted by molar-refractivity contribution is -0.121. The Labute approximate surface area is 129 Å². The lowest BCUT2D eigenvalue weighted by Crippen LogP contribution is -2.26. The summed E-state index contributed by atoms with van der Waals surface area (Å²) in [5.74, 6) is 0.561. The van der Waals surface area contributed by atoms with Crippen molar-refractivity contribution in [2.75, 3.05) is 6.54 Å². The van der Waals surface area contributed by atoms with Crippen LogP contribution in [0.2, 0.25) is 0 Å². The predicted octanol–water partition coefficient (Wildman–Crippen LogP) is 1.01. The number of benzene rings is 1. The third-order valence-electron chi connectivity index (χ3n) is 3.13. The van der Waals surface area contributed by atoms with E-state index in [1.54, 1.807) is 6.92 Å². The first-order valence-electron chi connectivity index (χ1n) is 7.43. The van der Waals surface area contributed by atoms with Gasteiger partial charge in [-0.25, -0.2) is 0 Å².